The second-order valence-electron chi connectivity index (χ2n) is 5.19. The van der Waals surface area contributed by atoms with E-state index in [0.717, 1.165) is 18.8 Å². The van der Waals surface area contributed by atoms with Crippen LogP contribution in [-0.2, 0) is 12.8 Å². The third kappa shape index (κ3) is 2.93. The molecule has 94 valence electrons. The molecule has 1 aromatic rings. The lowest BCUT2D eigenvalue weighted by atomic mass is 9.91. The van der Waals surface area contributed by atoms with E-state index in [9.17, 15) is 0 Å². The zero-order valence-electron chi connectivity index (χ0n) is 11.0. The van der Waals surface area contributed by atoms with Crippen molar-refractivity contribution < 1.29 is 0 Å². The molecular formula is C16H23Br. The summed E-state index contributed by atoms with van der Waals surface area (Å²) in [6, 6.07) is 7.05. The van der Waals surface area contributed by atoms with Crippen molar-refractivity contribution in [3.05, 3.63) is 34.9 Å². The number of rotatable bonds is 4. The summed E-state index contributed by atoms with van der Waals surface area (Å²) in [7, 11) is 0. The van der Waals surface area contributed by atoms with E-state index in [-0.39, 0.29) is 0 Å². The lowest BCUT2D eigenvalue weighted by molar-refractivity contribution is 0.539. The summed E-state index contributed by atoms with van der Waals surface area (Å²) in [4.78, 5) is 0.575. The SMILES string of the molecule is CCc1ccc(CC)c(C(Br)C2CCCC2)c1. The summed E-state index contributed by atoms with van der Waals surface area (Å²) in [6.07, 6.45) is 7.92. The Hall–Kier alpha value is -0.300. The summed E-state index contributed by atoms with van der Waals surface area (Å²) >= 11 is 3.97. The first-order valence-corrected chi connectivity index (χ1v) is 7.93. The van der Waals surface area contributed by atoms with Crippen LogP contribution >= 0.6 is 15.9 Å². The van der Waals surface area contributed by atoms with E-state index >= 15 is 0 Å². The molecule has 1 unspecified atom stereocenters. The van der Waals surface area contributed by atoms with Crippen LogP contribution in [0.2, 0.25) is 0 Å². The van der Waals surface area contributed by atoms with Gasteiger partial charge in [0.1, 0.15) is 0 Å². The molecule has 0 radical (unpaired) electrons. The normalized spacial score (nSPS) is 18.5. The average molecular weight is 295 g/mol. The Morgan fingerprint density at radius 1 is 1.18 bits per heavy atom. The van der Waals surface area contributed by atoms with Crippen LogP contribution < -0.4 is 0 Å². The van der Waals surface area contributed by atoms with Crippen molar-refractivity contribution in [2.45, 2.75) is 57.2 Å². The molecule has 0 nitrogen and oxygen atoms in total. The summed E-state index contributed by atoms with van der Waals surface area (Å²) in [5, 5.41) is 0. The van der Waals surface area contributed by atoms with Crippen LogP contribution in [0.4, 0.5) is 0 Å². The van der Waals surface area contributed by atoms with Gasteiger partial charge in [-0.3, -0.25) is 0 Å². The molecule has 1 aliphatic carbocycles. The summed E-state index contributed by atoms with van der Waals surface area (Å²) in [5.41, 5.74) is 4.55. The first-order valence-electron chi connectivity index (χ1n) is 7.02. The molecular weight excluding hydrogens is 272 g/mol. The van der Waals surface area contributed by atoms with Gasteiger partial charge in [-0.05, 0) is 48.3 Å². The largest absolute Gasteiger partial charge is 0.0836 e. The minimum atomic E-state index is 0.575. The maximum atomic E-state index is 3.97. The molecule has 1 aliphatic rings. The molecule has 0 heterocycles. The molecule has 1 fully saturated rings. The third-order valence-electron chi connectivity index (χ3n) is 4.11. The predicted octanol–water partition coefficient (Wildman–Crippen LogP) is 5.44. The van der Waals surface area contributed by atoms with E-state index in [1.807, 2.05) is 0 Å². The smallest absolute Gasteiger partial charge is 0.0426 e. The van der Waals surface area contributed by atoms with Crippen LogP contribution in [-0.4, -0.2) is 0 Å². The lowest BCUT2D eigenvalue weighted by Gasteiger charge is -2.21. The summed E-state index contributed by atoms with van der Waals surface area (Å²) in [6.45, 7) is 4.50. The highest BCUT2D eigenvalue weighted by molar-refractivity contribution is 9.09. The highest BCUT2D eigenvalue weighted by atomic mass is 79.9. The minimum absolute atomic E-state index is 0.575. The molecule has 0 spiro atoms. The Kier molecular flexibility index (Phi) is 4.67. The van der Waals surface area contributed by atoms with Gasteiger partial charge < -0.3 is 0 Å². The average Bonchev–Trinajstić information content (AvgIpc) is 2.91. The topological polar surface area (TPSA) is 0 Å². The van der Waals surface area contributed by atoms with Crippen LogP contribution in [0.25, 0.3) is 0 Å². The van der Waals surface area contributed by atoms with Crippen LogP contribution in [0.1, 0.15) is 61.0 Å². The van der Waals surface area contributed by atoms with Crippen molar-refractivity contribution >= 4 is 15.9 Å². The van der Waals surface area contributed by atoms with Gasteiger partial charge >= 0.3 is 0 Å². The van der Waals surface area contributed by atoms with E-state index in [2.05, 4.69) is 48.0 Å². The fourth-order valence-corrected chi connectivity index (χ4v) is 3.90. The van der Waals surface area contributed by atoms with Gasteiger partial charge in [-0.25, -0.2) is 0 Å². The van der Waals surface area contributed by atoms with Crippen LogP contribution in [0.5, 0.6) is 0 Å². The highest BCUT2D eigenvalue weighted by Gasteiger charge is 2.25. The molecule has 0 N–H and O–H groups in total. The number of aryl methyl sites for hydroxylation is 2. The second kappa shape index (κ2) is 6.04. The van der Waals surface area contributed by atoms with E-state index < -0.39 is 0 Å². The highest BCUT2D eigenvalue weighted by Crippen LogP contribution is 2.42. The third-order valence-corrected chi connectivity index (χ3v) is 5.35. The van der Waals surface area contributed by atoms with Crippen LogP contribution in [0.3, 0.4) is 0 Å². The van der Waals surface area contributed by atoms with E-state index in [1.165, 1.54) is 36.8 Å². The van der Waals surface area contributed by atoms with Crippen molar-refractivity contribution in [3.8, 4) is 0 Å². The predicted molar refractivity (Wildman–Crippen MR) is 78.8 cm³/mol. The Labute approximate surface area is 114 Å². The fraction of sp³-hybridized carbons (Fsp3) is 0.625. The molecule has 0 amide bonds. The van der Waals surface area contributed by atoms with Crippen molar-refractivity contribution in [1.29, 1.82) is 0 Å². The van der Waals surface area contributed by atoms with Gasteiger partial charge in [-0.2, -0.15) is 0 Å². The van der Waals surface area contributed by atoms with Crippen LogP contribution in [0.15, 0.2) is 18.2 Å². The van der Waals surface area contributed by atoms with E-state index in [4.69, 9.17) is 0 Å². The molecule has 0 aliphatic heterocycles. The zero-order valence-corrected chi connectivity index (χ0v) is 12.6. The molecule has 1 atom stereocenters. The molecule has 0 saturated heterocycles. The Bertz CT molecular complexity index is 364. The molecule has 0 aromatic heterocycles. The number of halogens is 1. The van der Waals surface area contributed by atoms with Crippen molar-refractivity contribution in [1.82, 2.24) is 0 Å². The first kappa shape index (κ1) is 13.1. The zero-order chi connectivity index (χ0) is 12.3. The van der Waals surface area contributed by atoms with E-state index in [1.54, 1.807) is 5.56 Å². The lowest BCUT2D eigenvalue weighted by Crippen LogP contribution is -2.06. The van der Waals surface area contributed by atoms with Gasteiger partial charge in [0.2, 0.25) is 0 Å². The molecule has 1 saturated carbocycles. The van der Waals surface area contributed by atoms with Crippen molar-refractivity contribution in [2.24, 2.45) is 5.92 Å². The van der Waals surface area contributed by atoms with Gasteiger partial charge in [-0.15, -0.1) is 0 Å². The Balaban J connectivity index is 2.27. The fourth-order valence-electron chi connectivity index (χ4n) is 2.95. The number of hydrogen-bond donors (Lipinski definition) is 0. The monoisotopic (exact) mass is 294 g/mol. The summed E-state index contributed by atoms with van der Waals surface area (Å²) < 4.78 is 0. The number of alkyl halides is 1. The van der Waals surface area contributed by atoms with Gasteiger partial charge in [0, 0.05) is 4.83 Å². The maximum absolute atomic E-state index is 3.97. The molecule has 1 heteroatoms. The summed E-state index contributed by atoms with van der Waals surface area (Å²) in [5.74, 6) is 0.854. The Morgan fingerprint density at radius 3 is 2.47 bits per heavy atom. The van der Waals surface area contributed by atoms with Crippen LogP contribution in [0, 0.1) is 5.92 Å². The first-order chi connectivity index (χ1) is 8.26. The molecule has 1 aromatic carbocycles. The Morgan fingerprint density at radius 2 is 1.88 bits per heavy atom. The van der Waals surface area contributed by atoms with Gasteiger partial charge in [-0.1, -0.05) is 60.8 Å². The number of hydrogen-bond acceptors (Lipinski definition) is 0. The van der Waals surface area contributed by atoms with Gasteiger partial charge in [0.25, 0.3) is 0 Å². The number of benzene rings is 1. The van der Waals surface area contributed by atoms with Gasteiger partial charge in [0.05, 0.1) is 0 Å². The molecule has 17 heavy (non-hydrogen) atoms. The molecule has 2 rings (SSSR count). The van der Waals surface area contributed by atoms with E-state index in [0.29, 0.717) is 4.83 Å². The van der Waals surface area contributed by atoms with Crippen molar-refractivity contribution in [3.63, 3.8) is 0 Å². The van der Waals surface area contributed by atoms with Gasteiger partial charge in [0.15, 0.2) is 0 Å². The second-order valence-corrected chi connectivity index (χ2v) is 6.17. The minimum Gasteiger partial charge on any atom is -0.0836 e. The maximum Gasteiger partial charge on any atom is 0.0426 e. The molecule has 0 bridgehead atoms. The standard InChI is InChI=1S/C16H23Br/c1-3-12-9-10-13(4-2)15(11-12)16(17)14-7-5-6-8-14/h9-11,14,16H,3-8H2,1-2H3. The van der Waals surface area contributed by atoms with Crippen molar-refractivity contribution in [2.75, 3.05) is 0 Å². The quantitative estimate of drug-likeness (QED) is 0.649.